The van der Waals surface area contributed by atoms with Gasteiger partial charge in [-0.3, -0.25) is 9.59 Å². The topological polar surface area (TPSA) is 102 Å². The Morgan fingerprint density at radius 3 is 2.36 bits per heavy atom. The first kappa shape index (κ1) is 30.3. The number of thiophene rings is 1. The molecule has 6 rings (SSSR count). The Bertz CT molecular complexity index is 1760. The third-order valence-electron chi connectivity index (χ3n) is 7.42. The Balaban J connectivity index is 1.19. The number of nitrogens with one attached hydrogen (secondary N) is 1. The summed E-state index contributed by atoms with van der Waals surface area (Å²) in [5, 5.41) is 20.8. The molecule has 3 aromatic carbocycles. The van der Waals surface area contributed by atoms with Gasteiger partial charge in [-0.1, -0.05) is 90.6 Å². The molecule has 3 heterocycles. The van der Waals surface area contributed by atoms with Gasteiger partial charge in [0.1, 0.15) is 5.75 Å². The zero-order valence-corrected chi connectivity index (χ0v) is 26.3. The first-order valence-corrected chi connectivity index (χ1v) is 16.4. The number of aromatic nitrogens is 3. The molecular weight excluding hydrogens is 605 g/mol. The molecule has 0 unspecified atom stereocenters. The molecule has 5 aromatic rings. The number of hydrogen-bond donors (Lipinski definition) is 1. The number of carbonyl (C=O) groups excluding carboxylic acids is 2. The molecule has 0 bridgehead atoms. The maximum atomic E-state index is 13.8. The summed E-state index contributed by atoms with van der Waals surface area (Å²) >= 11 is 2.93. The highest BCUT2D eigenvalue weighted by Crippen LogP contribution is 2.35. The molecule has 1 aliphatic rings. The number of methoxy groups -OCH3 is 1. The van der Waals surface area contributed by atoms with Gasteiger partial charge in [0.05, 0.1) is 49.0 Å². The van der Waals surface area contributed by atoms with E-state index in [-0.39, 0.29) is 36.6 Å². The van der Waals surface area contributed by atoms with Crippen LogP contribution in [-0.4, -0.2) is 50.2 Å². The minimum absolute atomic E-state index is 0.0992. The highest BCUT2D eigenvalue weighted by molar-refractivity contribution is 7.99. The van der Waals surface area contributed by atoms with Crippen LogP contribution in [0, 0.1) is 0 Å². The molecule has 0 saturated carbocycles. The average Bonchev–Trinajstić information content (AvgIpc) is 3.85. The molecule has 0 aliphatic carbocycles. The smallest absolute Gasteiger partial charge is 0.253 e. The van der Waals surface area contributed by atoms with E-state index in [1.807, 2.05) is 107 Å². The number of hydrogen-bond acceptors (Lipinski definition) is 8. The SMILES string of the molecule is COc1ccc([C@@H]2CC(c3cccs3)=NN2C(=O)CSc2nnc(CNC(=O)Cc3ccccc3)n2Cc2ccccc2)cc1. The van der Waals surface area contributed by atoms with E-state index in [1.54, 1.807) is 23.5 Å². The maximum Gasteiger partial charge on any atom is 0.253 e. The zero-order chi connectivity index (χ0) is 31.0. The quantitative estimate of drug-likeness (QED) is 0.176. The summed E-state index contributed by atoms with van der Waals surface area (Å²) < 4.78 is 7.30. The molecule has 1 atom stereocenters. The molecule has 0 fully saturated rings. The molecular formula is C34H32N6O3S2. The van der Waals surface area contributed by atoms with Crippen molar-refractivity contribution in [1.29, 1.82) is 0 Å². The number of hydrazone groups is 1. The van der Waals surface area contributed by atoms with E-state index in [0.717, 1.165) is 33.0 Å². The number of nitrogens with zero attached hydrogens (tertiary/aromatic N) is 5. The molecule has 0 saturated heterocycles. The summed E-state index contributed by atoms with van der Waals surface area (Å²) in [4.78, 5) is 27.5. The molecule has 0 spiro atoms. The lowest BCUT2D eigenvalue weighted by atomic mass is 10.0. The number of carbonyl (C=O) groups is 2. The van der Waals surface area contributed by atoms with Crippen LogP contribution in [0.2, 0.25) is 0 Å². The summed E-state index contributed by atoms with van der Waals surface area (Å²) in [7, 11) is 1.64. The first-order valence-electron chi connectivity index (χ1n) is 14.5. The van der Waals surface area contributed by atoms with Crippen molar-refractivity contribution >= 4 is 40.6 Å². The van der Waals surface area contributed by atoms with Crippen molar-refractivity contribution < 1.29 is 14.3 Å². The number of ether oxygens (including phenoxy) is 1. The molecule has 1 N–H and O–H groups in total. The molecule has 11 heteroatoms. The Morgan fingerprint density at radius 2 is 1.67 bits per heavy atom. The summed E-state index contributed by atoms with van der Waals surface area (Å²) in [5.41, 5.74) is 3.89. The van der Waals surface area contributed by atoms with Gasteiger partial charge in [0.15, 0.2) is 11.0 Å². The van der Waals surface area contributed by atoms with E-state index in [2.05, 4.69) is 15.5 Å². The van der Waals surface area contributed by atoms with Crippen molar-refractivity contribution in [2.45, 2.75) is 37.1 Å². The number of rotatable bonds is 12. The van der Waals surface area contributed by atoms with Gasteiger partial charge in [0.25, 0.3) is 5.91 Å². The summed E-state index contributed by atoms with van der Waals surface area (Å²) in [6.45, 7) is 0.729. The fourth-order valence-electron chi connectivity index (χ4n) is 5.11. The lowest BCUT2D eigenvalue weighted by Crippen LogP contribution is -2.29. The third-order valence-corrected chi connectivity index (χ3v) is 9.30. The average molecular weight is 637 g/mol. The van der Waals surface area contributed by atoms with Gasteiger partial charge in [-0.25, -0.2) is 5.01 Å². The van der Waals surface area contributed by atoms with Crippen LogP contribution in [0.15, 0.2) is 113 Å². The van der Waals surface area contributed by atoms with E-state index in [4.69, 9.17) is 9.84 Å². The van der Waals surface area contributed by atoms with Crippen LogP contribution in [0.5, 0.6) is 5.75 Å². The van der Waals surface area contributed by atoms with E-state index in [0.29, 0.717) is 23.9 Å². The van der Waals surface area contributed by atoms with Gasteiger partial charge in [-0.2, -0.15) is 5.10 Å². The molecule has 228 valence electrons. The van der Waals surface area contributed by atoms with E-state index < -0.39 is 0 Å². The fraction of sp³-hybridized carbons (Fsp3) is 0.206. The lowest BCUT2D eigenvalue weighted by molar-refractivity contribution is -0.130. The van der Waals surface area contributed by atoms with Crippen molar-refractivity contribution in [3.63, 3.8) is 0 Å². The van der Waals surface area contributed by atoms with Crippen LogP contribution in [0.1, 0.15) is 39.9 Å². The third kappa shape index (κ3) is 7.50. The first-order chi connectivity index (χ1) is 22.1. The van der Waals surface area contributed by atoms with E-state index in [9.17, 15) is 9.59 Å². The minimum Gasteiger partial charge on any atom is -0.497 e. The van der Waals surface area contributed by atoms with Crippen molar-refractivity contribution in [2.75, 3.05) is 12.9 Å². The number of thioether (sulfide) groups is 1. The van der Waals surface area contributed by atoms with Crippen molar-refractivity contribution in [3.8, 4) is 5.75 Å². The minimum atomic E-state index is -0.223. The van der Waals surface area contributed by atoms with Gasteiger partial charge < -0.3 is 14.6 Å². The van der Waals surface area contributed by atoms with Crippen LogP contribution in [0.3, 0.4) is 0 Å². The number of benzene rings is 3. The Kier molecular flexibility index (Phi) is 9.67. The van der Waals surface area contributed by atoms with Gasteiger partial charge >= 0.3 is 0 Å². The largest absolute Gasteiger partial charge is 0.497 e. The second kappa shape index (κ2) is 14.4. The molecule has 9 nitrogen and oxygen atoms in total. The second-order valence-electron chi connectivity index (χ2n) is 10.5. The maximum absolute atomic E-state index is 13.8. The highest BCUT2D eigenvalue weighted by Gasteiger charge is 2.33. The second-order valence-corrected chi connectivity index (χ2v) is 12.3. The van der Waals surface area contributed by atoms with Gasteiger partial charge in [0.2, 0.25) is 5.91 Å². The number of amides is 2. The molecule has 45 heavy (non-hydrogen) atoms. The van der Waals surface area contributed by atoms with Gasteiger partial charge in [-0.05, 0) is 40.3 Å². The monoisotopic (exact) mass is 636 g/mol. The Labute approximate surface area is 270 Å². The summed E-state index contributed by atoms with van der Waals surface area (Å²) in [6, 6.07) is 31.2. The van der Waals surface area contributed by atoms with Crippen molar-refractivity contribution in [2.24, 2.45) is 5.10 Å². The van der Waals surface area contributed by atoms with Crippen LogP contribution in [0.4, 0.5) is 0 Å². The standard InChI is InChI=1S/C34H32N6O3S2/c1-43-27-16-14-26(15-17-27)29-20-28(30-13-8-18-44-30)38-40(29)33(42)23-45-34-37-36-31(39(34)22-25-11-6-3-7-12-25)21-35-32(41)19-24-9-4-2-5-10-24/h2-18,29H,19-23H2,1H3,(H,35,41)/t29-/m0/s1. The van der Waals surface area contributed by atoms with Crippen molar-refractivity contribution in [1.82, 2.24) is 25.1 Å². The zero-order valence-electron chi connectivity index (χ0n) is 24.7. The van der Waals surface area contributed by atoms with E-state index >= 15 is 0 Å². The normalized spacial score (nSPS) is 14.3. The van der Waals surface area contributed by atoms with Crippen LogP contribution < -0.4 is 10.1 Å². The lowest BCUT2D eigenvalue weighted by Gasteiger charge is -2.22. The molecule has 2 aromatic heterocycles. The van der Waals surface area contributed by atoms with Gasteiger partial charge in [-0.15, -0.1) is 21.5 Å². The predicted molar refractivity (Wildman–Crippen MR) is 176 cm³/mol. The summed E-state index contributed by atoms with van der Waals surface area (Å²) in [5.74, 6) is 1.28. The van der Waals surface area contributed by atoms with Crippen LogP contribution >= 0.6 is 23.1 Å². The Morgan fingerprint density at radius 1 is 0.933 bits per heavy atom. The van der Waals surface area contributed by atoms with Crippen molar-refractivity contribution in [3.05, 3.63) is 130 Å². The Hall–Kier alpha value is -4.74. The fourth-order valence-corrected chi connectivity index (χ4v) is 6.64. The predicted octanol–water partition coefficient (Wildman–Crippen LogP) is 5.73. The molecule has 0 radical (unpaired) electrons. The van der Waals surface area contributed by atoms with Crippen LogP contribution in [0.25, 0.3) is 0 Å². The molecule has 1 aliphatic heterocycles. The molecule has 2 amide bonds. The van der Waals surface area contributed by atoms with Gasteiger partial charge in [0, 0.05) is 6.42 Å². The van der Waals surface area contributed by atoms with E-state index in [1.165, 1.54) is 11.8 Å². The summed E-state index contributed by atoms with van der Waals surface area (Å²) in [6.07, 6.45) is 0.906. The highest BCUT2D eigenvalue weighted by atomic mass is 32.2. The van der Waals surface area contributed by atoms with Crippen LogP contribution in [-0.2, 0) is 29.1 Å².